The van der Waals surface area contributed by atoms with Gasteiger partial charge in [-0.1, -0.05) is 42.0 Å². The molecule has 2 aliphatic rings. The SMILES string of the molecule is COc1cccc([C@]2(CC(=O)N3CCN(Cc4cccc(C)c4)CC3)CC(=O)N(C)C2=O)c1. The van der Waals surface area contributed by atoms with Crippen molar-refractivity contribution >= 4 is 17.7 Å². The van der Waals surface area contributed by atoms with E-state index < -0.39 is 5.41 Å². The van der Waals surface area contributed by atoms with Crippen LogP contribution in [0, 0.1) is 6.92 Å². The van der Waals surface area contributed by atoms with E-state index in [-0.39, 0.29) is 30.6 Å². The molecule has 0 bridgehead atoms. The molecule has 3 amide bonds. The van der Waals surface area contributed by atoms with Gasteiger partial charge in [-0.3, -0.25) is 24.2 Å². The maximum Gasteiger partial charge on any atom is 0.240 e. The Hall–Kier alpha value is -3.19. The number of piperazine rings is 1. The fourth-order valence-electron chi connectivity index (χ4n) is 4.87. The Morgan fingerprint density at radius 2 is 1.76 bits per heavy atom. The third-order valence-corrected chi connectivity index (χ3v) is 6.83. The van der Waals surface area contributed by atoms with E-state index in [1.165, 1.54) is 18.2 Å². The topological polar surface area (TPSA) is 70.2 Å². The summed E-state index contributed by atoms with van der Waals surface area (Å²) < 4.78 is 5.33. The average Bonchev–Trinajstić information content (AvgIpc) is 3.03. The highest BCUT2D eigenvalue weighted by atomic mass is 16.5. The first-order valence-corrected chi connectivity index (χ1v) is 11.3. The molecule has 0 spiro atoms. The van der Waals surface area contributed by atoms with E-state index >= 15 is 0 Å². The molecule has 0 aliphatic carbocycles. The minimum Gasteiger partial charge on any atom is -0.497 e. The number of imide groups is 1. The van der Waals surface area contributed by atoms with Crippen LogP contribution in [-0.4, -0.2) is 72.8 Å². The molecule has 4 rings (SSSR count). The first-order chi connectivity index (χ1) is 15.8. The average molecular weight is 450 g/mol. The molecule has 7 heteroatoms. The van der Waals surface area contributed by atoms with Crippen LogP contribution in [0.15, 0.2) is 48.5 Å². The lowest BCUT2D eigenvalue weighted by Gasteiger charge is -2.36. The van der Waals surface area contributed by atoms with Gasteiger partial charge in [-0.15, -0.1) is 0 Å². The molecule has 2 saturated heterocycles. The summed E-state index contributed by atoms with van der Waals surface area (Å²) in [5.74, 6) is -0.0888. The van der Waals surface area contributed by atoms with E-state index in [1.807, 2.05) is 4.90 Å². The predicted molar refractivity (Wildman–Crippen MR) is 125 cm³/mol. The second-order valence-corrected chi connectivity index (χ2v) is 9.07. The second kappa shape index (κ2) is 9.35. The number of likely N-dealkylation sites (N-methyl/N-ethyl adjacent to an activating group) is 1. The number of ether oxygens (including phenoxy) is 1. The molecule has 174 valence electrons. The molecule has 0 N–H and O–H groups in total. The summed E-state index contributed by atoms with van der Waals surface area (Å²) in [4.78, 5) is 44.4. The van der Waals surface area contributed by atoms with Crippen LogP contribution in [0.1, 0.15) is 29.5 Å². The Labute approximate surface area is 194 Å². The molecule has 0 aromatic heterocycles. The summed E-state index contributed by atoms with van der Waals surface area (Å²) in [6.45, 7) is 5.71. The molecule has 2 fully saturated rings. The van der Waals surface area contributed by atoms with E-state index in [4.69, 9.17) is 4.74 Å². The molecule has 0 radical (unpaired) electrons. The highest BCUT2D eigenvalue weighted by Gasteiger charge is 2.53. The number of benzene rings is 2. The van der Waals surface area contributed by atoms with E-state index in [9.17, 15) is 14.4 Å². The van der Waals surface area contributed by atoms with Gasteiger partial charge >= 0.3 is 0 Å². The van der Waals surface area contributed by atoms with Gasteiger partial charge in [0.25, 0.3) is 0 Å². The van der Waals surface area contributed by atoms with E-state index in [0.29, 0.717) is 24.4 Å². The number of carbonyl (C=O) groups excluding carboxylic acids is 3. The number of amides is 3. The Bertz CT molecular complexity index is 1060. The number of hydrogen-bond donors (Lipinski definition) is 0. The van der Waals surface area contributed by atoms with Crippen molar-refractivity contribution in [1.29, 1.82) is 0 Å². The predicted octanol–water partition coefficient (Wildman–Crippen LogP) is 2.36. The molecule has 0 unspecified atom stereocenters. The molecule has 2 aliphatic heterocycles. The summed E-state index contributed by atoms with van der Waals surface area (Å²) in [6, 6.07) is 15.6. The van der Waals surface area contributed by atoms with Gasteiger partial charge in [-0.2, -0.15) is 0 Å². The Morgan fingerprint density at radius 3 is 2.39 bits per heavy atom. The summed E-state index contributed by atoms with van der Waals surface area (Å²) in [7, 11) is 3.04. The van der Waals surface area contributed by atoms with Gasteiger partial charge in [0.2, 0.25) is 17.7 Å². The Morgan fingerprint density at radius 1 is 1.03 bits per heavy atom. The normalized spacial score (nSPS) is 21.5. The van der Waals surface area contributed by atoms with Gasteiger partial charge < -0.3 is 9.64 Å². The monoisotopic (exact) mass is 449 g/mol. The highest BCUT2D eigenvalue weighted by molar-refractivity contribution is 6.10. The molecular formula is C26H31N3O4. The van der Waals surface area contributed by atoms with Gasteiger partial charge in [0, 0.05) is 52.6 Å². The zero-order valence-corrected chi connectivity index (χ0v) is 19.5. The van der Waals surface area contributed by atoms with E-state index in [1.54, 1.807) is 31.4 Å². The number of aryl methyl sites for hydroxylation is 1. The molecule has 2 heterocycles. The maximum atomic E-state index is 13.3. The second-order valence-electron chi connectivity index (χ2n) is 9.07. The van der Waals surface area contributed by atoms with Crippen molar-refractivity contribution in [2.45, 2.75) is 31.7 Å². The van der Waals surface area contributed by atoms with Crippen LogP contribution in [0.4, 0.5) is 0 Å². The molecule has 0 saturated carbocycles. The van der Waals surface area contributed by atoms with Gasteiger partial charge in [0.05, 0.1) is 12.5 Å². The van der Waals surface area contributed by atoms with Crippen molar-refractivity contribution in [3.63, 3.8) is 0 Å². The van der Waals surface area contributed by atoms with Crippen molar-refractivity contribution in [3.8, 4) is 5.75 Å². The standard InChI is InChI=1S/C26H31N3O4/c1-19-6-4-7-20(14-19)18-28-10-12-29(13-11-28)24(31)17-26(16-23(30)27(2)25(26)32)21-8-5-9-22(15-21)33-3/h4-9,14-15H,10-13,16-18H2,1-3H3/t26-/m1/s1. The number of methoxy groups -OCH3 is 1. The zero-order chi connectivity index (χ0) is 23.6. The van der Waals surface area contributed by atoms with Crippen molar-refractivity contribution in [2.75, 3.05) is 40.3 Å². The molecule has 7 nitrogen and oxygen atoms in total. The summed E-state index contributed by atoms with van der Waals surface area (Å²) in [6.07, 6.45) is -0.0263. The third kappa shape index (κ3) is 4.64. The Kier molecular flexibility index (Phi) is 6.51. The lowest BCUT2D eigenvalue weighted by Crippen LogP contribution is -2.50. The summed E-state index contributed by atoms with van der Waals surface area (Å²) in [5.41, 5.74) is 1.97. The highest BCUT2D eigenvalue weighted by Crippen LogP contribution is 2.41. The number of carbonyl (C=O) groups is 3. The lowest BCUT2D eigenvalue weighted by molar-refractivity contribution is -0.142. The molecule has 2 aromatic rings. The van der Waals surface area contributed by atoms with Crippen molar-refractivity contribution < 1.29 is 19.1 Å². The maximum absolute atomic E-state index is 13.3. The fourth-order valence-corrected chi connectivity index (χ4v) is 4.87. The number of rotatable bonds is 6. The van der Waals surface area contributed by atoms with Crippen LogP contribution < -0.4 is 4.74 Å². The first-order valence-electron chi connectivity index (χ1n) is 11.3. The van der Waals surface area contributed by atoms with E-state index in [2.05, 4.69) is 36.1 Å². The lowest BCUT2D eigenvalue weighted by atomic mass is 9.75. The van der Waals surface area contributed by atoms with Crippen LogP contribution >= 0.6 is 0 Å². The van der Waals surface area contributed by atoms with Crippen molar-refractivity contribution in [3.05, 3.63) is 65.2 Å². The number of nitrogens with zero attached hydrogens (tertiary/aromatic N) is 3. The van der Waals surface area contributed by atoms with Gasteiger partial charge in [0.15, 0.2) is 0 Å². The van der Waals surface area contributed by atoms with Gasteiger partial charge in [-0.25, -0.2) is 0 Å². The summed E-state index contributed by atoms with van der Waals surface area (Å²) >= 11 is 0. The van der Waals surface area contributed by atoms with Crippen LogP contribution in [0.25, 0.3) is 0 Å². The third-order valence-electron chi connectivity index (χ3n) is 6.83. The molecule has 1 atom stereocenters. The number of likely N-dealkylation sites (tertiary alicyclic amines) is 1. The zero-order valence-electron chi connectivity index (χ0n) is 19.5. The van der Waals surface area contributed by atoms with Crippen LogP contribution in [0.5, 0.6) is 5.75 Å². The van der Waals surface area contributed by atoms with E-state index in [0.717, 1.165) is 24.5 Å². The minimum absolute atomic E-state index is 0.00539. The minimum atomic E-state index is -1.18. The van der Waals surface area contributed by atoms with Crippen LogP contribution in [-0.2, 0) is 26.3 Å². The van der Waals surface area contributed by atoms with Crippen LogP contribution in [0.3, 0.4) is 0 Å². The largest absolute Gasteiger partial charge is 0.497 e. The summed E-state index contributed by atoms with van der Waals surface area (Å²) in [5, 5.41) is 0. The first kappa shape index (κ1) is 23.0. The van der Waals surface area contributed by atoms with Gasteiger partial charge in [0.1, 0.15) is 5.75 Å². The fraction of sp³-hybridized carbons (Fsp3) is 0.423. The number of hydrogen-bond acceptors (Lipinski definition) is 5. The smallest absolute Gasteiger partial charge is 0.240 e. The molecule has 33 heavy (non-hydrogen) atoms. The molecule has 2 aromatic carbocycles. The quantitative estimate of drug-likeness (QED) is 0.634. The van der Waals surface area contributed by atoms with Crippen molar-refractivity contribution in [2.24, 2.45) is 0 Å². The Balaban J connectivity index is 1.47. The van der Waals surface area contributed by atoms with Crippen LogP contribution in [0.2, 0.25) is 0 Å². The van der Waals surface area contributed by atoms with Gasteiger partial charge in [-0.05, 0) is 30.2 Å². The van der Waals surface area contributed by atoms with Crippen molar-refractivity contribution in [1.82, 2.24) is 14.7 Å². The molecular weight excluding hydrogens is 418 g/mol.